The summed E-state index contributed by atoms with van der Waals surface area (Å²) < 4.78 is 30.4. The molecule has 0 bridgehead atoms. The highest BCUT2D eigenvalue weighted by atomic mass is 32.2. The number of ether oxygens (including phenoxy) is 1. The van der Waals surface area contributed by atoms with Gasteiger partial charge >= 0.3 is 5.97 Å². The van der Waals surface area contributed by atoms with Crippen LogP contribution >= 0.6 is 0 Å². The number of esters is 1. The molecule has 1 aliphatic heterocycles. The first-order valence-corrected chi connectivity index (χ1v) is 11.4. The largest absolute Gasteiger partial charge is 0.464 e. The number of carbonyl (C=O) groups is 2. The number of sulfone groups is 1. The zero-order valence-corrected chi connectivity index (χ0v) is 16.9. The molecule has 9 heteroatoms. The fraction of sp³-hybridized carbons (Fsp3) is 0.526. The Labute approximate surface area is 164 Å². The summed E-state index contributed by atoms with van der Waals surface area (Å²) in [7, 11) is -3.32. The lowest BCUT2D eigenvalue weighted by molar-refractivity contribution is -0.156. The van der Waals surface area contributed by atoms with Gasteiger partial charge in [-0.1, -0.05) is 12.1 Å². The van der Waals surface area contributed by atoms with Crippen molar-refractivity contribution in [3.8, 4) is 0 Å². The Bertz CT molecular complexity index is 983. The molecule has 1 amide bonds. The summed E-state index contributed by atoms with van der Waals surface area (Å²) in [6.45, 7) is 2.42. The molecule has 2 heterocycles. The lowest BCUT2D eigenvalue weighted by Crippen LogP contribution is -2.49. The van der Waals surface area contributed by atoms with Crippen molar-refractivity contribution < 1.29 is 22.7 Å². The average Bonchev–Trinajstić information content (AvgIpc) is 2.97. The van der Waals surface area contributed by atoms with Gasteiger partial charge in [0.1, 0.15) is 24.2 Å². The molecule has 1 aliphatic rings. The topological polar surface area (TPSA) is 98.6 Å². The van der Waals surface area contributed by atoms with Crippen LogP contribution in [0.2, 0.25) is 0 Å². The Morgan fingerprint density at radius 3 is 2.71 bits per heavy atom. The van der Waals surface area contributed by atoms with E-state index < -0.39 is 15.9 Å². The zero-order chi connectivity index (χ0) is 20.3. The monoisotopic (exact) mass is 407 g/mol. The summed E-state index contributed by atoms with van der Waals surface area (Å²) in [5.74, 6) is -0.559. The molecular formula is C19H25N3O5S. The molecule has 2 aromatic rings. The first kappa shape index (κ1) is 20.3. The third kappa shape index (κ3) is 4.52. The van der Waals surface area contributed by atoms with E-state index in [1.54, 1.807) is 28.5 Å². The zero-order valence-electron chi connectivity index (χ0n) is 16.1. The van der Waals surface area contributed by atoms with Crippen molar-refractivity contribution in [2.24, 2.45) is 0 Å². The van der Waals surface area contributed by atoms with Gasteiger partial charge < -0.3 is 14.2 Å². The van der Waals surface area contributed by atoms with E-state index in [0.29, 0.717) is 29.8 Å². The Balaban J connectivity index is 1.91. The Kier molecular flexibility index (Phi) is 6.02. The van der Waals surface area contributed by atoms with E-state index in [0.717, 1.165) is 19.1 Å². The van der Waals surface area contributed by atoms with Gasteiger partial charge in [0.2, 0.25) is 5.91 Å². The van der Waals surface area contributed by atoms with Crippen molar-refractivity contribution in [2.45, 2.75) is 44.5 Å². The van der Waals surface area contributed by atoms with Crippen LogP contribution in [0.15, 0.2) is 24.3 Å². The number of hydrogen-bond donors (Lipinski definition) is 0. The SMILES string of the molecule is CCOC(=O)[C@H]1CCCCN1C(=O)Cn1c(CS(C)(=O)=O)nc2ccccc21. The highest BCUT2D eigenvalue weighted by Gasteiger charge is 2.33. The minimum absolute atomic E-state index is 0.0682. The Hall–Kier alpha value is -2.42. The Morgan fingerprint density at radius 1 is 1.25 bits per heavy atom. The van der Waals surface area contributed by atoms with E-state index in [-0.39, 0.29) is 30.8 Å². The molecule has 1 aromatic carbocycles. The normalized spacial score (nSPS) is 17.6. The van der Waals surface area contributed by atoms with Crippen molar-refractivity contribution in [3.05, 3.63) is 30.1 Å². The first-order chi connectivity index (χ1) is 13.3. The molecule has 1 fully saturated rings. The minimum atomic E-state index is -3.32. The van der Waals surface area contributed by atoms with Crippen LogP contribution in [0, 0.1) is 0 Å². The molecule has 0 aliphatic carbocycles. The second-order valence-electron chi connectivity index (χ2n) is 7.02. The number of hydrogen-bond acceptors (Lipinski definition) is 6. The van der Waals surface area contributed by atoms with E-state index in [1.165, 1.54) is 0 Å². The van der Waals surface area contributed by atoms with Crippen molar-refractivity contribution in [1.82, 2.24) is 14.5 Å². The quantitative estimate of drug-likeness (QED) is 0.674. The van der Waals surface area contributed by atoms with Gasteiger partial charge in [0.15, 0.2) is 9.84 Å². The van der Waals surface area contributed by atoms with Crippen molar-refractivity contribution >= 4 is 32.7 Å². The number of piperidine rings is 1. The highest BCUT2D eigenvalue weighted by Crippen LogP contribution is 2.22. The molecule has 152 valence electrons. The molecule has 3 rings (SSSR count). The predicted octanol–water partition coefficient (Wildman–Crippen LogP) is 1.53. The molecule has 0 radical (unpaired) electrons. The van der Waals surface area contributed by atoms with Crippen molar-refractivity contribution in [2.75, 3.05) is 19.4 Å². The van der Waals surface area contributed by atoms with Gasteiger partial charge in [-0.3, -0.25) is 4.79 Å². The van der Waals surface area contributed by atoms with Gasteiger partial charge in [-0.15, -0.1) is 0 Å². The van der Waals surface area contributed by atoms with Crippen LogP contribution in [-0.2, 0) is 36.5 Å². The van der Waals surface area contributed by atoms with Gasteiger partial charge in [0.05, 0.1) is 17.6 Å². The molecule has 28 heavy (non-hydrogen) atoms. The van der Waals surface area contributed by atoms with Crippen LogP contribution in [0.5, 0.6) is 0 Å². The van der Waals surface area contributed by atoms with Gasteiger partial charge in [0, 0.05) is 12.8 Å². The van der Waals surface area contributed by atoms with Crippen molar-refractivity contribution in [1.29, 1.82) is 0 Å². The van der Waals surface area contributed by atoms with E-state index in [4.69, 9.17) is 4.74 Å². The number of para-hydroxylation sites is 2. The minimum Gasteiger partial charge on any atom is -0.464 e. The number of rotatable bonds is 6. The Morgan fingerprint density at radius 2 is 2.00 bits per heavy atom. The molecule has 1 aromatic heterocycles. The number of imidazole rings is 1. The van der Waals surface area contributed by atoms with Crippen LogP contribution in [0.1, 0.15) is 32.0 Å². The molecule has 8 nitrogen and oxygen atoms in total. The third-order valence-electron chi connectivity index (χ3n) is 4.80. The van der Waals surface area contributed by atoms with Crippen molar-refractivity contribution in [3.63, 3.8) is 0 Å². The van der Waals surface area contributed by atoms with Gasteiger partial charge in [0.25, 0.3) is 0 Å². The third-order valence-corrected chi connectivity index (χ3v) is 5.58. The molecule has 1 atom stereocenters. The summed E-state index contributed by atoms with van der Waals surface area (Å²) in [4.78, 5) is 31.3. The van der Waals surface area contributed by atoms with Crippen LogP contribution < -0.4 is 0 Å². The number of aromatic nitrogens is 2. The molecule has 0 saturated carbocycles. The second-order valence-corrected chi connectivity index (χ2v) is 9.16. The number of carbonyl (C=O) groups excluding carboxylic acids is 2. The predicted molar refractivity (Wildman–Crippen MR) is 104 cm³/mol. The standard InChI is InChI=1S/C19H25N3O5S/c1-3-27-19(24)16-10-6-7-11-21(16)18(23)12-22-15-9-5-4-8-14(15)20-17(22)13-28(2,25)26/h4-5,8-9,16H,3,6-7,10-13H2,1-2H3/t16-/m1/s1. The smallest absolute Gasteiger partial charge is 0.328 e. The summed E-state index contributed by atoms with van der Waals surface area (Å²) >= 11 is 0. The number of likely N-dealkylation sites (tertiary alicyclic amines) is 1. The summed E-state index contributed by atoms with van der Waals surface area (Å²) in [6.07, 6.45) is 3.40. The molecular weight excluding hydrogens is 382 g/mol. The summed E-state index contributed by atoms with van der Waals surface area (Å²) in [5, 5.41) is 0. The van der Waals surface area contributed by atoms with Gasteiger partial charge in [-0.2, -0.15) is 0 Å². The van der Waals surface area contributed by atoms with Crippen LogP contribution in [0.25, 0.3) is 11.0 Å². The molecule has 0 N–H and O–H groups in total. The highest BCUT2D eigenvalue weighted by molar-refractivity contribution is 7.89. The summed E-state index contributed by atoms with van der Waals surface area (Å²) in [6, 6.07) is 6.63. The van der Waals surface area contributed by atoms with E-state index in [1.807, 2.05) is 12.1 Å². The maximum Gasteiger partial charge on any atom is 0.328 e. The molecule has 0 unspecified atom stereocenters. The number of nitrogens with zero attached hydrogens (tertiary/aromatic N) is 3. The van der Waals surface area contributed by atoms with E-state index in [2.05, 4.69) is 4.98 Å². The van der Waals surface area contributed by atoms with E-state index in [9.17, 15) is 18.0 Å². The van der Waals surface area contributed by atoms with Gasteiger partial charge in [-0.05, 0) is 38.3 Å². The van der Waals surface area contributed by atoms with Crippen LogP contribution in [0.3, 0.4) is 0 Å². The molecule has 0 spiro atoms. The van der Waals surface area contributed by atoms with Crippen LogP contribution in [0.4, 0.5) is 0 Å². The fourth-order valence-electron chi connectivity index (χ4n) is 3.59. The maximum atomic E-state index is 13.1. The maximum absolute atomic E-state index is 13.1. The average molecular weight is 407 g/mol. The number of amides is 1. The lowest BCUT2D eigenvalue weighted by atomic mass is 10.0. The number of benzene rings is 1. The van der Waals surface area contributed by atoms with Gasteiger partial charge in [-0.25, -0.2) is 18.2 Å². The van der Waals surface area contributed by atoms with E-state index >= 15 is 0 Å². The fourth-order valence-corrected chi connectivity index (χ4v) is 4.28. The molecule has 1 saturated heterocycles. The summed E-state index contributed by atoms with van der Waals surface area (Å²) in [5.41, 5.74) is 1.33. The lowest BCUT2D eigenvalue weighted by Gasteiger charge is -2.34. The number of fused-ring (bicyclic) bond motifs is 1. The second kappa shape index (κ2) is 8.30. The van der Waals surface area contributed by atoms with Crippen LogP contribution in [-0.4, -0.2) is 60.2 Å². The first-order valence-electron chi connectivity index (χ1n) is 9.38.